The van der Waals surface area contributed by atoms with Crippen molar-refractivity contribution in [2.24, 2.45) is 0 Å². The van der Waals surface area contributed by atoms with Gasteiger partial charge in [0.2, 0.25) is 5.91 Å². The lowest BCUT2D eigenvalue weighted by atomic mass is 10.1. The number of methoxy groups -OCH3 is 1. The molecule has 3 rings (SSSR count). The summed E-state index contributed by atoms with van der Waals surface area (Å²) >= 11 is 0. The fourth-order valence-electron chi connectivity index (χ4n) is 3.05. The molecular formula is C23H24N2O4S. The number of benzene rings is 3. The van der Waals surface area contributed by atoms with Crippen molar-refractivity contribution in [3.05, 3.63) is 83.4 Å². The van der Waals surface area contributed by atoms with Crippen LogP contribution in [0.3, 0.4) is 0 Å². The van der Waals surface area contributed by atoms with E-state index in [9.17, 15) is 13.2 Å². The van der Waals surface area contributed by atoms with E-state index in [1.165, 1.54) is 6.07 Å². The summed E-state index contributed by atoms with van der Waals surface area (Å²) in [4.78, 5) is 12.5. The molecule has 3 aromatic carbocycles. The number of aryl methyl sites for hydroxylation is 2. The highest BCUT2D eigenvalue weighted by atomic mass is 32.2. The van der Waals surface area contributed by atoms with Crippen molar-refractivity contribution < 1.29 is 17.9 Å². The summed E-state index contributed by atoms with van der Waals surface area (Å²) in [5, 5.41) is 2.78. The number of nitrogens with one attached hydrogen (secondary N) is 2. The van der Waals surface area contributed by atoms with Crippen molar-refractivity contribution in [2.45, 2.75) is 25.2 Å². The van der Waals surface area contributed by atoms with Gasteiger partial charge < -0.3 is 10.1 Å². The highest BCUT2D eigenvalue weighted by molar-refractivity contribution is 7.92. The summed E-state index contributed by atoms with van der Waals surface area (Å²) in [6.07, 6.45) is 0.210. The molecule has 0 bridgehead atoms. The molecule has 1 amide bonds. The van der Waals surface area contributed by atoms with Crippen LogP contribution < -0.4 is 14.8 Å². The van der Waals surface area contributed by atoms with Crippen LogP contribution in [0.15, 0.2) is 71.6 Å². The number of carbonyl (C=O) groups excluding carboxylic acids is 1. The van der Waals surface area contributed by atoms with Crippen LogP contribution in [0.5, 0.6) is 5.75 Å². The maximum atomic E-state index is 12.9. The molecule has 0 atom stereocenters. The number of hydrogen-bond donors (Lipinski definition) is 2. The maximum absolute atomic E-state index is 12.9. The number of hydrogen-bond acceptors (Lipinski definition) is 4. The van der Waals surface area contributed by atoms with Crippen LogP contribution in [0.4, 0.5) is 11.4 Å². The van der Waals surface area contributed by atoms with E-state index in [0.29, 0.717) is 22.7 Å². The molecule has 0 fully saturated rings. The Bertz CT molecular complexity index is 1160. The number of amides is 1. The summed E-state index contributed by atoms with van der Waals surface area (Å²) < 4.78 is 33.4. The molecule has 7 heteroatoms. The predicted octanol–water partition coefficient (Wildman–Crippen LogP) is 4.29. The molecule has 0 unspecified atom stereocenters. The van der Waals surface area contributed by atoms with E-state index >= 15 is 0 Å². The van der Waals surface area contributed by atoms with Crippen LogP contribution in [0.1, 0.15) is 16.7 Å². The van der Waals surface area contributed by atoms with E-state index in [2.05, 4.69) is 10.0 Å². The molecule has 30 heavy (non-hydrogen) atoms. The van der Waals surface area contributed by atoms with Gasteiger partial charge in [-0.25, -0.2) is 8.42 Å². The van der Waals surface area contributed by atoms with E-state index in [1.807, 2.05) is 31.2 Å². The van der Waals surface area contributed by atoms with Crippen molar-refractivity contribution in [3.8, 4) is 5.75 Å². The summed E-state index contributed by atoms with van der Waals surface area (Å²) in [6, 6.07) is 19.1. The highest BCUT2D eigenvalue weighted by Gasteiger charge is 2.18. The lowest BCUT2D eigenvalue weighted by molar-refractivity contribution is -0.115. The monoisotopic (exact) mass is 424 g/mol. The Hall–Kier alpha value is -3.32. The van der Waals surface area contributed by atoms with E-state index in [0.717, 1.165) is 11.1 Å². The van der Waals surface area contributed by atoms with Gasteiger partial charge in [0, 0.05) is 11.4 Å². The van der Waals surface area contributed by atoms with Gasteiger partial charge in [-0.3, -0.25) is 9.52 Å². The third-order valence-electron chi connectivity index (χ3n) is 4.55. The van der Waals surface area contributed by atoms with E-state index < -0.39 is 10.0 Å². The molecule has 0 saturated heterocycles. The van der Waals surface area contributed by atoms with Crippen LogP contribution in [0.2, 0.25) is 0 Å². The first-order chi connectivity index (χ1) is 14.3. The van der Waals surface area contributed by atoms with E-state index in [4.69, 9.17) is 4.74 Å². The molecule has 2 N–H and O–H groups in total. The highest BCUT2D eigenvalue weighted by Crippen LogP contribution is 2.24. The van der Waals surface area contributed by atoms with Crippen LogP contribution in [0.25, 0.3) is 0 Å². The van der Waals surface area contributed by atoms with Gasteiger partial charge in [0.05, 0.1) is 18.4 Å². The molecule has 0 radical (unpaired) electrons. The largest absolute Gasteiger partial charge is 0.497 e. The van der Waals surface area contributed by atoms with E-state index in [1.54, 1.807) is 50.4 Å². The SMILES string of the molecule is COc1ccc(NS(=O)(=O)c2cc(NC(=O)Cc3cccc(C)c3)ccc2C)cc1. The van der Waals surface area contributed by atoms with Crippen molar-refractivity contribution in [2.75, 3.05) is 17.1 Å². The predicted molar refractivity (Wildman–Crippen MR) is 118 cm³/mol. The fraction of sp³-hybridized carbons (Fsp3) is 0.174. The minimum atomic E-state index is -3.83. The fourth-order valence-corrected chi connectivity index (χ4v) is 4.38. The van der Waals surface area contributed by atoms with Crippen LogP contribution in [0, 0.1) is 13.8 Å². The zero-order valence-corrected chi connectivity index (χ0v) is 17.9. The Balaban J connectivity index is 1.77. The molecule has 0 saturated carbocycles. The Morgan fingerprint density at radius 1 is 0.933 bits per heavy atom. The van der Waals surface area contributed by atoms with Gasteiger partial charge in [-0.1, -0.05) is 35.9 Å². The molecule has 6 nitrogen and oxygen atoms in total. The standard InChI is InChI=1S/C23H24N2O4S/c1-16-5-4-6-18(13-16)14-23(26)24-20-8-7-17(2)22(15-20)30(27,28)25-19-9-11-21(29-3)12-10-19/h4-13,15,25H,14H2,1-3H3,(H,24,26). The molecule has 0 aliphatic rings. The average Bonchev–Trinajstić information content (AvgIpc) is 2.69. The molecule has 0 spiro atoms. The van der Waals surface area contributed by atoms with Gasteiger partial charge in [-0.05, 0) is 61.4 Å². The van der Waals surface area contributed by atoms with Gasteiger partial charge in [0.15, 0.2) is 0 Å². The third kappa shape index (κ3) is 5.39. The van der Waals surface area contributed by atoms with E-state index in [-0.39, 0.29) is 17.2 Å². The summed E-state index contributed by atoms with van der Waals surface area (Å²) in [5.41, 5.74) is 3.40. The summed E-state index contributed by atoms with van der Waals surface area (Å²) in [7, 11) is -2.29. The smallest absolute Gasteiger partial charge is 0.262 e. The molecule has 0 heterocycles. The summed E-state index contributed by atoms with van der Waals surface area (Å²) in [5.74, 6) is 0.420. The lowest BCUT2D eigenvalue weighted by Gasteiger charge is -2.13. The number of carbonyl (C=O) groups is 1. The maximum Gasteiger partial charge on any atom is 0.262 e. The Morgan fingerprint density at radius 3 is 2.30 bits per heavy atom. The molecule has 0 aliphatic heterocycles. The zero-order valence-electron chi connectivity index (χ0n) is 17.1. The second kappa shape index (κ2) is 9.00. The minimum absolute atomic E-state index is 0.103. The van der Waals surface area contributed by atoms with Gasteiger partial charge in [0.1, 0.15) is 5.75 Å². The zero-order chi connectivity index (χ0) is 21.7. The Labute approximate surface area is 177 Å². The minimum Gasteiger partial charge on any atom is -0.497 e. The van der Waals surface area contributed by atoms with Gasteiger partial charge in [-0.2, -0.15) is 0 Å². The molecular weight excluding hydrogens is 400 g/mol. The number of sulfonamides is 1. The molecule has 3 aromatic rings. The average molecular weight is 425 g/mol. The summed E-state index contributed by atoms with van der Waals surface area (Å²) in [6.45, 7) is 3.68. The van der Waals surface area contributed by atoms with Crippen LogP contribution in [-0.2, 0) is 21.2 Å². The first-order valence-corrected chi connectivity index (χ1v) is 10.9. The first-order valence-electron chi connectivity index (χ1n) is 9.40. The quantitative estimate of drug-likeness (QED) is 0.592. The molecule has 0 aliphatic carbocycles. The molecule has 156 valence electrons. The number of ether oxygens (including phenoxy) is 1. The Morgan fingerprint density at radius 2 is 1.63 bits per heavy atom. The number of rotatable bonds is 7. The van der Waals surface area contributed by atoms with Gasteiger partial charge in [0.25, 0.3) is 10.0 Å². The van der Waals surface area contributed by atoms with Crippen molar-refractivity contribution in [3.63, 3.8) is 0 Å². The van der Waals surface area contributed by atoms with Crippen molar-refractivity contribution in [1.29, 1.82) is 0 Å². The van der Waals surface area contributed by atoms with Crippen LogP contribution >= 0.6 is 0 Å². The van der Waals surface area contributed by atoms with Crippen LogP contribution in [-0.4, -0.2) is 21.4 Å². The lowest BCUT2D eigenvalue weighted by Crippen LogP contribution is -2.17. The second-order valence-corrected chi connectivity index (χ2v) is 8.68. The van der Waals surface area contributed by atoms with Crippen molar-refractivity contribution in [1.82, 2.24) is 0 Å². The number of anilines is 2. The van der Waals surface area contributed by atoms with Gasteiger partial charge in [-0.15, -0.1) is 0 Å². The second-order valence-electron chi connectivity index (χ2n) is 7.03. The van der Waals surface area contributed by atoms with Crippen molar-refractivity contribution >= 4 is 27.3 Å². The normalized spacial score (nSPS) is 11.0. The molecule has 0 aromatic heterocycles. The topological polar surface area (TPSA) is 84.5 Å². The first kappa shape index (κ1) is 21.4. The third-order valence-corrected chi connectivity index (χ3v) is 6.07. The Kier molecular flexibility index (Phi) is 6.42. The van der Waals surface area contributed by atoms with Gasteiger partial charge >= 0.3 is 0 Å².